The molecule has 0 N–H and O–H groups in total. The van der Waals surface area contributed by atoms with Gasteiger partial charge in [0.05, 0.1) is 5.69 Å². The van der Waals surface area contributed by atoms with E-state index in [4.69, 9.17) is 0 Å². The van der Waals surface area contributed by atoms with Gasteiger partial charge in [-0.2, -0.15) is 0 Å². The molecular formula is C19H19NO2. The maximum absolute atomic E-state index is 12.8. The molecule has 0 aliphatic carbocycles. The van der Waals surface area contributed by atoms with Crippen LogP contribution in [-0.4, -0.2) is 18.2 Å². The number of benzene rings is 2. The third-order valence-corrected chi connectivity index (χ3v) is 4.09. The zero-order valence-corrected chi connectivity index (χ0v) is 12.7. The number of anilines is 1. The summed E-state index contributed by atoms with van der Waals surface area (Å²) in [6, 6.07) is 15.5. The molecule has 1 aliphatic rings. The molecule has 0 bridgehead atoms. The molecular weight excluding hydrogens is 274 g/mol. The summed E-state index contributed by atoms with van der Waals surface area (Å²) in [5.41, 5.74) is 4.01. The molecule has 112 valence electrons. The molecule has 3 nitrogen and oxygen atoms in total. The zero-order valence-electron chi connectivity index (χ0n) is 12.7. The maximum Gasteiger partial charge on any atom is 0.258 e. The van der Waals surface area contributed by atoms with Gasteiger partial charge in [-0.3, -0.25) is 4.79 Å². The van der Waals surface area contributed by atoms with Crippen molar-refractivity contribution in [3.8, 4) is 0 Å². The Labute approximate surface area is 130 Å². The van der Waals surface area contributed by atoms with Crippen LogP contribution in [0.3, 0.4) is 0 Å². The number of rotatable bonds is 4. The lowest BCUT2D eigenvalue weighted by molar-refractivity contribution is -0.116. The predicted octanol–water partition coefficient (Wildman–Crippen LogP) is 3.41. The summed E-state index contributed by atoms with van der Waals surface area (Å²) in [5, 5.41) is 0. The van der Waals surface area contributed by atoms with Crippen molar-refractivity contribution in [1.29, 1.82) is 0 Å². The van der Waals surface area contributed by atoms with Gasteiger partial charge >= 0.3 is 0 Å². The lowest BCUT2D eigenvalue weighted by atomic mass is 10.0. The van der Waals surface area contributed by atoms with Crippen LogP contribution >= 0.6 is 0 Å². The van der Waals surface area contributed by atoms with Crippen LogP contribution in [0.15, 0.2) is 48.5 Å². The van der Waals surface area contributed by atoms with Crippen molar-refractivity contribution >= 4 is 17.4 Å². The molecule has 22 heavy (non-hydrogen) atoms. The number of carbonyl (C=O) groups is 2. The van der Waals surface area contributed by atoms with E-state index >= 15 is 0 Å². The molecule has 0 radical (unpaired) electrons. The number of carbonyl (C=O) groups excluding carboxylic acids is 2. The Morgan fingerprint density at radius 2 is 1.82 bits per heavy atom. The highest BCUT2D eigenvalue weighted by Gasteiger charge is 2.27. The van der Waals surface area contributed by atoms with Gasteiger partial charge in [-0.25, -0.2) is 0 Å². The van der Waals surface area contributed by atoms with E-state index in [0.29, 0.717) is 24.9 Å². The minimum atomic E-state index is 0.0367. The Hall–Kier alpha value is -2.42. The highest BCUT2D eigenvalue weighted by Crippen LogP contribution is 2.33. The molecule has 3 heteroatoms. The van der Waals surface area contributed by atoms with Crippen LogP contribution in [-0.2, 0) is 17.6 Å². The van der Waals surface area contributed by atoms with E-state index in [9.17, 15) is 9.59 Å². The maximum atomic E-state index is 12.8. The number of ketones is 1. The Morgan fingerprint density at radius 3 is 2.55 bits per heavy atom. The SMILES string of the molecule is CC(=O)CCc1cccc2c1N(C(=O)c1ccccc1)CC2. The Morgan fingerprint density at radius 1 is 1.05 bits per heavy atom. The number of hydrogen-bond acceptors (Lipinski definition) is 2. The Kier molecular flexibility index (Phi) is 4.05. The fourth-order valence-corrected chi connectivity index (χ4v) is 2.99. The quantitative estimate of drug-likeness (QED) is 0.866. The van der Waals surface area contributed by atoms with E-state index in [-0.39, 0.29) is 11.7 Å². The number of nitrogens with zero attached hydrogens (tertiary/aromatic N) is 1. The van der Waals surface area contributed by atoms with Gasteiger partial charge in [-0.1, -0.05) is 36.4 Å². The summed E-state index contributed by atoms with van der Waals surface area (Å²) < 4.78 is 0. The number of fused-ring (bicyclic) bond motifs is 1. The average molecular weight is 293 g/mol. The van der Waals surface area contributed by atoms with E-state index < -0.39 is 0 Å². The van der Waals surface area contributed by atoms with Crippen molar-refractivity contribution in [1.82, 2.24) is 0 Å². The van der Waals surface area contributed by atoms with Crippen molar-refractivity contribution in [3.05, 3.63) is 65.2 Å². The van der Waals surface area contributed by atoms with Gasteiger partial charge in [0.1, 0.15) is 5.78 Å². The van der Waals surface area contributed by atoms with Gasteiger partial charge in [-0.15, -0.1) is 0 Å². The Balaban J connectivity index is 1.93. The summed E-state index contributed by atoms with van der Waals surface area (Å²) >= 11 is 0. The second-order valence-corrected chi connectivity index (χ2v) is 5.70. The summed E-state index contributed by atoms with van der Waals surface area (Å²) in [6.45, 7) is 2.32. The fraction of sp³-hybridized carbons (Fsp3) is 0.263. The predicted molar refractivity (Wildman–Crippen MR) is 87.3 cm³/mol. The van der Waals surface area contributed by atoms with Gasteiger partial charge in [0.2, 0.25) is 0 Å². The minimum Gasteiger partial charge on any atom is -0.307 e. The first kappa shape index (κ1) is 14.5. The van der Waals surface area contributed by atoms with E-state index in [1.807, 2.05) is 47.4 Å². The summed E-state index contributed by atoms with van der Waals surface area (Å²) in [4.78, 5) is 25.9. The average Bonchev–Trinajstić information content (AvgIpc) is 2.97. The second-order valence-electron chi connectivity index (χ2n) is 5.70. The first-order chi connectivity index (χ1) is 10.7. The summed E-state index contributed by atoms with van der Waals surface area (Å²) in [6.07, 6.45) is 2.09. The molecule has 0 aromatic heterocycles. The molecule has 1 amide bonds. The smallest absolute Gasteiger partial charge is 0.258 e. The van der Waals surface area contributed by atoms with Crippen molar-refractivity contribution in [2.24, 2.45) is 0 Å². The number of para-hydroxylation sites is 1. The van der Waals surface area contributed by atoms with E-state index in [0.717, 1.165) is 17.7 Å². The molecule has 0 atom stereocenters. The third-order valence-electron chi connectivity index (χ3n) is 4.09. The second kappa shape index (κ2) is 6.14. The molecule has 0 saturated carbocycles. The molecule has 1 aliphatic heterocycles. The standard InChI is InChI=1S/C19H19NO2/c1-14(21)10-11-15-8-5-9-16-12-13-20(18(15)16)19(22)17-6-3-2-4-7-17/h2-9H,10-13H2,1H3. The summed E-state index contributed by atoms with van der Waals surface area (Å²) in [7, 11) is 0. The highest BCUT2D eigenvalue weighted by molar-refractivity contribution is 6.07. The number of amides is 1. The molecule has 3 rings (SSSR count). The molecule has 0 fully saturated rings. The van der Waals surface area contributed by atoms with Crippen molar-refractivity contribution in [2.45, 2.75) is 26.2 Å². The van der Waals surface area contributed by atoms with Crippen molar-refractivity contribution in [2.75, 3.05) is 11.4 Å². The van der Waals surface area contributed by atoms with Gasteiger partial charge in [-0.05, 0) is 43.0 Å². The van der Waals surface area contributed by atoms with E-state index in [1.54, 1.807) is 6.92 Å². The van der Waals surface area contributed by atoms with Gasteiger partial charge in [0.15, 0.2) is 0 Å². The molecule has 2 aromatic rings. The van der Waals surface area contributed by atoms with Crippen molar-refractivity contribution < 1.29 is 9.59 Å². The fourth-order valence-electron chi connectivity index (χ4n) is 2.99. The molecule has 0 saturated heterocycles. The van der Waals surface area contributed by atoms with Crippen LogP contribution in [0.4, 0.5) is 5.69 Å². The normalized spacial score (nSPS) is 13.0. The monoisotopic (exact) mass is 293 g/mol. The number of Topliss-reactive ketones (excluding diaryl/α,β-unsaturated/α-hetero) is 1. The summed E-state index contributed by atoms with van der Waals surface area (Å²) in [5.74, 6) is 0.214. The van der Waals surface area contributed by atoms with Crippen molar-refractivity contribution in [3.63, 3.8) is 0 Å². The van der Waals surface area contributed by atoms with Gasteiger partial charge in [0, 0.05) is 18.5 Å². The zero-order chi connectivity index (χ0) is 15.5. The highest BCUT2D eigenvalue weighted by atomic mass is 16.2. The largest absolute Gasteiger partial charge is 0.307 e. The molecule has 0 unspecified atom stereocenters. The number of aryl methyl sites for hydroxylation is 1. The molecule has 1 heterocycles. The van der Waals surface area contributed by atoms with Crippen LogP contribution in [0, 0.1) is 0 Å². The first-order valence-electron chi connectivity index (χ1n) is 7.64. The Bertz CT molecular complexity index is 707. The van der Waals surface area contributed by atoms with E-state index in [1.165, 1.54) is 5.56 Å². The van der Waals surface area contributed by atoms with E-state index in [2.05, 4.69) is 6.07 Å². The van der Waals surface area contributed by atoms with Crippen LogP contribution in [0.25, 0.3) is 0 Å². The lowest BCUT2D eigenvalue weighted by Gasteiger charge is -2.20. The number of hydrogen-bond donors (Lipinski definition) is 0. The van der Waals surface area contributed by atoms with Crippen LogP contribution in [0.1, 0.15) is 34.8 Å². The third kappa shape index (κ3) is 2.80. The van der Waals surface area contributed by atoms with Gasteiger partial charge < -0.3 is 9.69 Å². The topological polar surface area (TPSA) is 37.4 Å². The van der Waals surface area contributed by atoms with Crippen LogP contribution in [0.5, 0.6) is 0 Å². The lowest BCUT2D eigenvalue weighted by Crippen LogP contribution is -2.29. The first-order valence-corrected chi connectivity index (χ1v) is 7.64. The van der Waals surface area contributed by atoms with Crippen LogP contribution in [0.2, 0.25) is 0 Å². The minimum absolute atomic E-state index is 0.0367. The molecule has 0 spiro atoms. The molecule has 2 aromatic carbocycles. The van der Waals surface area contributed by atoms with Gasteiger partial charge in [0.25, 0.3) is 5.91 Å². The van der Waals surface area contributed by atoms with Crippen LogP contribution < -0.4 is 4.90 Å².